The average molecular weight is 1400 g/mol. The van der Waals surface area contributed by atoms with E-state index >= 15 is 9.59 Å². The summed E-state index contributed by atoms with van der Waals surface area (Å²) in [6, 6.07) is 12.3. The van der Waals surface area contributed by atoms with Crippen LogP contribution in [0.4, 0.5) is 0 Å². The van der Waals surface area contributed by atoms with Crippen molar-refractivity contribution < 1.29 is 103 Å². The number of aliphatic hydroxyl groups excluding tert-OH is 6. The lowest BCUT2D eigenvalue weighted by Crippen LogP contribution is -2.64. The van der Waals surface area contributed by atoms with Crippen LogP contribution in [0.1, 0.15) is 118 Å². The molecule has 0 aromatic heterocycles. The van der Waals surface area contributed by atoms with E-state index < -0.39 is 211 Å². The van der Waals surface area contributed by atoms with Crippen molar-refractivity contribution in [2.75, 3.05) is 13.7 Å². The molecule has 5 aromatic carbocycles. The molecular formula is C69H80Cl2N6O21. The number of Topliss-reactive ketones (excluding diaryl/α,β-unsaturated/α-hetero) is 2. The van der Waals surface area contributed by atoms with E-state index in [-0.39, 0.29) is 84.8 Å². The van der Waals surface area contributed by atoms with Crippen LogP contribution < -0.4 is 46.9 Å². The fraction of sp³-hybridized carbons (Fsp3) is 0.449. The van der Waals surface area contributed by atoms with Crippen LogP contribution in [0.3, 0.4) is 0 Å². The van der Waals surface area contributed by atoms with Crippen LogP contribution in [-0.2, 0) is 49.5 Å². The minimum atomic E-state index is -1.95. The largest absolute Gasteiger partial charge is 0.508 e. The molecule has 7 aliphatic rings. The van der Waals surface area contributed by atoms with Gasteiger partial charge in [-0.15, -0.1) is 0 Å². The Balaban J connectivity index is 1.23. The standard InChI is InChI=1S/C69H80Cl2N6O21/c1-28(2)13-43(74-6)67(92)77-57-47(83)19-35(22-53(72)84)65(90)76-56-29(3)14-38-31-7-10-44(80)39(16-31)55-36(15-37(79)23-46(55)82)26-75-66(91)40(24-45(38)81)58(85)32-8-11-48(41(70)17-32)94-50-20-34(56)21-51(95-49-12-9-33(59(57)86)18-42(49)71)62(50)98-68-63(61(88)60(87)52(27-78)96-68)97-54-25-69(5,73)64(89)30(4)93-54/h7-12,15-18,20-21,23,28,30,35,38,40,43,52,54,56-61,63-64,68,74,78-80,82,85-89H,3,13-14,19,22,24-27,73H2,1-2,4-6H3,(H2,72,84)(H,75,91)(H,76,90)(H,77,92)/t30?,35?,38?,40-,43?,52?,54?,56?,57?,58?,59?,60?,61?,63?,64?,68?,69?/m0/s1. The minimum absolute atomic E-state index is 0.00374. The number of phenolic OH excluding ortho intramolecular Hbond substituents is 3. The van der Waals surface area contributed by atoms with Gasteiger partial charge in [-0.25, -0.2) is 0 Å². The van der Waals surface area contributed by atoms with Gasteiger partial charge in [0, 0.05) is 60.9 Å². The van der Waals surface area contributed by atoms with Gasteiger partial charge in [0.15, 0.2) is 29.7 Å². The molecule has 0 spiro atoms. The summed E-state index contributed by atoms with van der Waals surface area (Å²) in [5.41, 5.74) is 11.0. The first kappa shape index (κ1) is 72.7. The number of hydrogen-bond acceptors (Lipinski definition) is 23. The maximum absolute atomic E-state index is 15.6. The molecule has 4 amide bonds. The van der Waals surface area contributed by atoms with Crippen LogP contribution in [0, 0.1) is 17.8 Å². The Hall–Kier alpha value is -8.00. The summed E-state index contributed by atoms with van der Waals surface area (Å²) in [4.78, 5) is 88.1. The summed E-state index contributed by atoms with van der Waals surface area (Å²) in [7, 11) is 1.53. The monoisotopic (exact) mass is 1400 g/mol. The second-order valence-electron chi connectivity index (χ2n) is 26.3. The number of hydrogen-bond donors (Lipinski definition) is 15. The summed E-state index contributed by atoms with van der Waals surface area (Å²) in [5.74, 6) is -13.2. The molecule has 2 fully saturated rings. The first-order chi connectivity index (χ1) is 46.3. The number of nitrogens with one attached hydrogen (secondary N) is 4. The zero-order chi connectivity index (χ0) is 71.1. The Morgan fingerprint density at radius 3 is 2.03 bits per heavy atom. The number of rotatable bonds is 12. The molecular weight excluding hydrogens is 1320 g/mol. The Labute approximate surface area is 572 Å². The number of phenols is 3. The van der Waals surface area contributed by atoms with E-state index in [1.54, 1.807) is 6.92 Å². The zero-order valence-corrected chi connectivity index (χ0v) is 55.5. The average Bonchev–Trinajstić information content (AvgIpc) is 0.784. The van der Waals surface area contributed by atoms with Gasteiger partial charge in [0.2, 0.25) is 35.7 Å². The van der Waals surface area contributed by atoms with Crippen molar-refractivity contribution in [3.63, 3.8) is 0 Å². The zero-order valence-electron chi connectivity index (χ0n) is 54.0. The number of aromatic hydroxyl groups is 3. The van der Waals surface area contributed by atoms with Crippen molar-refractivity contribution in [1.82, 2.24) is 21.3 Å². The quantitative estimate of drug-likeness (QED) is 0.0763. The highest BCUT2D eigenvalue weighted by Gasteiger charge is 2.51. The fourth-order valence-electron chi connectivity index (χ4n) is 13.2. The van der Waals surface area contributed by atoms with E-state index in [1.807, 2.05) is 13.8 Å². The Kier molecular flexibility index (Phi) is 22.1. The van der Waals surface area contributed by atoms with Crippen LogP contribution in [0.25, 0.3) is 11.1 Å². The van der Waals surface area contributed by atoms with Crippen LogP contribution >= 0.6 is 23.2 Å². The van der Waals surface area contributed by atoms with E-state index in [4.69, 9.17) is 63.1 Å². The molecule has 0 aliphatic carbocycles. The second kappa shape index (κ2) is 29.8. The predicted molar refractivity (Wildman–Crippen MR) is 351 cm³/mol. The molecule has 12 rings (SSSR count). The minimum Gasteiger partial charge on any atom is -0.508 e. The van der Waals surface area contributed by atoms with Gasteiger partial charge in [-0.2, -0.15) is 0 Å². The normalized spacial score (nSPS) is 29.5. The number of aliphatic hydroxyl groups is 6. The molecule has 27 nitrogen and oxygen atoms in total. The maximum atomic E-state index is 15.6. The Bertz CT molecular complexity index is 3910. The number of carbonyl (C=O) groups is 6. The van der Waals surface area contributed by atoms with Crippen molar-refractivity contribution in [3.8, 4) is 57.1 Å². The lowest BCUT2D eigenvalue weighted by Gasteiger charge is -2.47. The van der Waals surface area contributed by atoms with E-state index in [0.717, 1.165) is 6.07 Å². The van der Waals surface area contributed by atoms with Gasteiger partial charge in [0.25, 0.3) is 0 Å². The molecule has 16 unspecified atom stereocenters. The molecule has 98 heavy (non-hydrogen) atoms. The molecule has 29 heteroatoms. The van der Waals surface area contributed by atoms with Crippen LogP contribution in [0.2, 0.25) is 10.0 Å². The Morgan fingerprint density at radius 2 is 1.43 bits per heavy atom. The van der Waals surface area contributed by atoms with Gasteiger partial charge >= 0.3 is 0 Å². The third-order valence-corrected chi connectivity index (χ3v) is 19.1. The van der Waals surface area contributed by atoms with E-state index in [0.29, 0.717) is 0 Å². The summed E-state index contributed by atoms with van der Waals surface area (Å²) in [5, 5.41) is 114. The number of ketones is 2. The highest BCUT2D eigenvalue weighted by Crippen LogP contribution is 2.51. The van der Waals surface area contributed by atoms with Crippen molar-refractivity contribution in [2.24, 2.45) is 29.2 Å². The summed E-state index contributed by atoms with van der Waals surface area (Å²) < 4.78 is 38.9. The van der Waals surface area contributed by atoms with Crippen molar-refractivity contribution in [1.29, 1.82) is 0 Å². The third-order valence-electron chi connectivity index (χ3n) is 18.5. The highest BCUT2D eigenvalue weighted by atomic mass is 35.5. The van der Waals surface area contributed by atoms with Crippen molar-refractivity contribution in [3.05, 3.63) is 129 Å². The molecule has 2 saturated heterocycles. The van der Waals surface area contributed by atoms with Crippen molar-refractivity contribution in [2.45, 2.75) is 164 Å². The number of ether oxygens (including phenoxy) is 6. The van der Waals surface area contributed by atoms with Crippen LogP contribution in [0.15, 0.2) is 91.0 Å². The molecule has 526 valence electrons. The summed E-state index contributed by atoms with van der Waals surface area (Å²) >= 11 is 14.3. The van der Waals surface area contributed by atoms with Gasteiger partial charge in [0.05, 0.1) is 58.9 Å². The first-order valence-electron chi connectivity index (χ1n) is 31.9. The summed E-state index contributed by atoms with van der Waals surface area (Å²) in [6.45, 7) is 9.98. The lowest BCUT2D eigenvalue weighted by atomic mass is 9.79. The lowest BCUT2D eigenvalue weighted by molar-refractivity contribution is -0.333. The molecule has 17 atom stereocenters. The number of fused-ring (bicyclic) bond motifs is 15. The first-order valence-corrected chi connectivity index (χ1v) is 32.6. The molecule has 17 N–H and O–H groups in total. The number of carbonyl (C=O) groups excluding carboxylic acids is 6. The van der Waals surface area contributed by atoms with Gasteiger partial charge < -0.3 is 107 Å². The third kappa shape index (κ3) is 15.5. The van der Waals surface area contributed by atoms with E-state index in [9.17, 15) is 65.1 Å². The number of benzene rings is 5. The molecule has 0 saturated carbocycles. The van der Waals surface area contributed by atoms with Gasteiger partial charge in [-0.3, -0.25) is 28.8 Å². The topological polar surface area (TPSA) is 440 Å². The smallest absolute Gasteiger partial charge is 0.237 e. The molecule has 7 heterocycles. The predicted octanol–water partition coefficient (Wildman–Crippen LogP) is 4.53. The molecule has 0 radical (unpaired) electrons. The number of primary amides is 1. The van der Waals surface area contributed by atoms with E-state index in [2.05, 4.69) is 27.8 Å². The number of nitrogens with two attached hydrogens (primary N) is 2. The van der Waals surface area contributed by atoms with Crippen LogP contribution in [-0.4, -0.2) is 162 Å². The maximum Gasteiger partial charge on any atom is 0.237 e. The SMILES string of the molecule is C=C1CC2C(=O)C[C@H](C(=O)NCc3cc(O)cc(O)c3-c3cc2ccc3O)C(O)c2ccc(c(Cl)c2)Oc2cc3cc(c2OC2OC(CO)C(O)C(O)C2OC2CC(C)(N)C(O)C(C)O2)Oc2ccc(cc2Cl)C(O)C(NC(=O)C(CC(C)C)NC)C(=O)CC(CC(N)=O)C(=O)NC13. The molecule has 7 aliphatic heterocycles. The van der Waals surface area contributed by atoms with Gasteiger partial charge in [-0.05, 0) is 128 Å². The van der Waals surface area contributed by atoms with Crippen molar-refractivity contribution >= 4 is 58.4 Å². The van der Waals surface area contributed by atoms with Gasteiger partial charge in [0.1, 0.15) is 65.0 Å². The number of amides is 4. The second-order valence-corrected chi connectivity index (χ2v) is 27.1. The molecule has 11 bridgehead atoms. The highest BCUT2D eigenvalue weighted by molar-refractivity contribution is 6.32. The summed E-state index contributed by atoms with van der Waals surface area (Å²) in [6.07, 6.45) is -19.0. The van der Waals surface area contributed by atoms with Crippen LogP contribution in [0.5, 0.6) is 46.0 Å². The Morgan fingerprint density at radius 1 is 0.786 bits per heavy atom. The fourth-order valence-corrected chi connectivity index (χ4v) is 13.6. The van der Waals surface area contributed by atoms with Gasteiger partial charge in [-0.1, -0.05) is 61.8 Å². The number of halogens is 2. The number of likely N-dealkylation sites (N-methyl/N-ethyl adjacent to an activating group) is 1. The molecule has 5 aromatic rings. The van der Waals surface area contributed by atoms with E-state index in [1.165, 1.54) is 86.8 Å².